The van der Waals surface area contributed by atoms with E-state index in [1.54, 1.807) is 6.07 Å². The van der Waals surface area contributed by atoms with Gasteiger partial charge >= 0.3 is 6.01 Å². The van der Waals surface area contributed by atoms with E-state index in [4.69, 9.17) is 14.5 Å². The van der Waals surface area contributed by atoms with E-state index in [2.05, 4.69) is 25.1 Å². The molecule has 4 aliphatic heterocycles. The SMILES string of the molecule is CC.Fc1cc(-c2nc3c4c(nc(OCC56CCCN5CCC6)nc4c2F)N2CCNC[C@H]2CO3)c2ccccc2c1. The minimum absolute atomic E-state index is 0.000712. The fourth-order valence-corrected chi connectivity index (χ4v) is 7.15. The third-order valence-electron chi connectivity index (χ3n) is 9.11. The molecule has 0 saturated carbocycles. The molecule has 2 aromatic carbocycles. The average molecular weight is 575 g/mol. The van der Waals surface area contributed by atoms with E-state index in [1.165, 1.54) is 12.1 Å². The van der Waals surface area contributed by atoms with Gasteiger partial charge in [-0.1, -0.05) is 38.1 Å². The van der Waals surface area contributed by atoms with Gasteiger partial charge in [0.25, 0.3) is 0 Å². The van der Waals surface area contributed by atoms with Crippen LogP contribution in [0, 0.1) is 11.6 Å². The number of ether oxygens (including phenoxy) is 2. The van der Waals surface area contributed by atoms with Crippen molar-refractivity contribution < 1.29 is 18.3 Å². The Morgan fingerprint density at radius 1 is 1.05 bits per heavy atom. The number of rotatable bonds is 4. The fraction of sp³-hybridized carbons (Fsp3) is 0.469. The lowest BCUT2D eigenvalue weighted by Crippen LogP contribution is -2.53. The Labute approximate surface area is 244 Å². The highest BCUT2D eigenvalue weighted by Gasteiger charge is 2.45. The molecule has 3 fully saturated rings. The number of halogens is 2. The predicted octanol–water partition coefficient (Wildman–Crippen LogP) is 5.33. The lowest BCUT2D eigenvalue weighted by Gasteiger charge is -2.35. The molecule has 4 aliphatic rings. The second kappa shape index (κ2) is 10.9. The van der Waals surface area contributed by atoms with Crippen molar-refractivity contribution in [1.29, 1.82) is 0 Å². The predicted molar refractivity (Wildman–Crippen MR) is 159 cm³/mol. The van der Waals surface area contributed by atoms with Crippen LogP contribution in [0.2, 0.25) is 0 Å². The number of aromatic nitrogens is 3. The molecule has 2 aromatic heterocycles. The standard InChI is InChI=1S/C30H30F2N6O2.C2H6/c31-19-13-18-5-1-2-6-21(18)22(14-19)25-24(32)26-23-27(38-12-9-33-15-20(38)16-39-28(23)34-25)36-29(35-26)40-17-30-7-3-10-37(30)11-4-8-30;1-2/h1-2,5-6,13-14,20,33H,3-4,7-12,15-17H2;1-2H3/t20-;/m0./s1. The third-order valence-corrected chi connectivity index (χ3v) is 9.11. The number of nitrogens with zero attached hydrogens (tertiary/aromatic N) is 5. The molecule has 0 spiro atoms. The van der Waals surface area contributed by atoms with E-state index in [-0.39, 0.29) is 34.7 Å². The molecule has 8 nitrogen and oxygen atoms in total. The number of hydrogen-bond acceptors (Lipinski definition) is 8. The molecule has 4 aromatic rings. The molecular weight excluding hydrogens is 538 g/mol. The van der Waals surface area contributed by atoms with Crippen LogP contribution in [0.4, 0.5) is 14.6 Å². The van der Waals surface area contributed by atoms with Crippen LogP contribution in [-0.4, -0.2) is 77.4 Å². The molecule has 0 radical (unpaired) electrons. The highest BCUT2D eigenvalue weighted by molar-refractivity contribution is 6.01. The van der Waals surface area contributed by atoms with Crippen molar-refractivity contribution in [2.24, 2.45) is 0 Å². The summed E-state index contributed by atoms with van der Waals surface area (Å²) in [5.41, 5.74) is 0.441. The first-order valence-electron chi connectivity index (χ1n) is 15.2. The Kier molecular flexibility index (Phi) is 7.06. The number of pyridine rings is 1. The second-order valence-electron chi connectivity index (χ2n) is 11.4. The van der Waals surface area contributed by atoms with Crippen LogP contribution in [0.15, 0.2) is 36.4 Å². The maximum atomic E-state index is 16.6. The van der Waals surface area contributed by atoms with Gasteiger partial charge in [-0.05, 0) is 61.7 Å². The monoisotopic (exact) mass is 574 g/mol. The van der Waals surface area contributed by atoms with Crippen LogP contribution in [0.1, 0.15) is 39.5 Å². The maximum absolute atomic E-state index is 16.6. The Morgan fingerprint density at radius 3 is 2.69 bits per heavy atom. The third kappa shape index (κ3) is 4.43. The van der Waals surface area contributed by atoms with E-state index in [0.717, 1.165) is 45.3 Å². The van der Waals surface area contributed by atoms with Gasteiger partial charge in [-0.15, -0.1) is 0 Å². The minimum Gasteiger partial charge on any atom is -0.475 e. The van der Waals surface area contributed by atoms with Gasteiger partial charge in [-0.2, -0.15) is 9.97 Å². The number of hydrogen-bond donors (Lipinski definition) is 1. The summed E-state index contributed by atoms with van der Waals surface area (Å²) in [6, 6.07) is 10.2. The zero-order valence-electron chi connectivity index (χ0n) is 24.1. The Morgan fingerprint density at radius 2 is 1.86 bits per heavy atom. The fourth-order valence-electron chi connectivity index (χ4n) is 7.15. The lowest BCUT2D eigenvalue weighted by molar-refractivity contribution is 0.108. The van der Waals surface area contributed by atoms with E-state index in [0.29, 0.717) is 53.8 Å². The number of nitrogens with one attached hydrogen (secondary N) is 1. The topological polar surface area (TPSA) is 75.6 Å². The minimum atomic E-state index is -0.637. The highest BCUT2D eigenvalue weighted by Crippen LogP contribution is 2.43. The molecule has 1 atom stereocenters. The van der Waals surface area contributed by atoms with Gasteiger partial charge < -0.3 is 19.7 Å². The van der Waals surface area contributed by atoms with E-state index in [9.17, 15) is 4.39 Å². The first-order valence-corrected chi connectivity index (χ1v) is 15.2. The summed E-state index contributed by atoms with van der Waals surface area (Å²) in [4.78, 5) is 18.8. The number of anilines is 1. The van der Waals surface area contributed by atoms with E-state index < -0.39 is 11.6 Å². The van der Waals surface area contributed by atoms with E-state index >= 15 is 4.39 Å². The van der Waals surface area contributed by atoms with Crippen molar-refractivity contribution in [1.82, 2.24) is 25.2 Å². The van der Waals surface area contributed by atoms with Crippen molar-refractivity contribution >= 4 is 27.5 Å². The molecule has 220 valence electrons. The summed E-state index contributed by atoms with van der Waals surface area (Å²) < 4.78 is 43.9. The molecule has 0 unspecified atom stereocenters. The van der Waals surface area contributed by atoms with Gasteiger partial charge in [-0.3, -0.25) is 4.90 Å². The molecule has 1 N–H and O–H groups in total. The van der Waals surface area contributed by atoms with Gasteiger partial charge in [-0.25, -0.2) is 13.8 Å². The Bertz CT molecular complexity index is 1640. The van der Waals surface area contributed by atoms with Crippen LogP contribution >= 0.6 is 0 Å². The summed E-state index contributed by atoms with van der Waals surface area (Å²) >= 11 is 0. The van der Waals surface area contributed by atoms with Gasteiger partial charge in [0.2, 0.25) is 5.88 Å². The lowest BCUT2D eigenvalue weighted by atomic mass is 9.95. The largest absolute Gasteiger partial charge is 0.475 e. The van der Waals surface area contributed by atoms with Gasteiger partial charge in [0, 0.05) is 25.2 Å². The zero-order valence-corrected chi connectivity index (χ0v) is 24.1. The van der Waals surface area contributed by atoms with E-state index in [1.807, 2.05) is 32.0 Å². The summed E-state index contributed by atoms with van der Waals surface area (Å²) in [7, 11) is 0. The summed E-state index contributed by atoms with van der Waals surface area (Å²) in [6.07, 6.45) is 4.48. The van der Waals surface area contributed by atoms with Crippen molar-refractivity contribution in [2.75, 3.05) is 50.8 Å². The average Bonchev–Trinajstić information content (AvgIpc) is 3.56. The molecule has 10 heteroatoms. The molecule has 42 heavy (non-hydrogen) atoms. The van der Waals surface area contributed by atoms with Gasteiger partial charge in [0.05, 0.1) is 11.6 Å². The maximum Gasteiger partial charge on any atom is 0.319 e. The normalized spacial score (nSPS) is 20.9. The van der Waals surface area contributed by atoms with Crippen LogP contribution in [0.3, 0.4) is 0 Å². The second-order valence-corrected chi connectivity index (χ2v) is 11.4. The number of piperazine rings is 1. The molecule has 6 heterocycles. The van der Waals surface area contributed by atoms with Crippen molar-refractivity contribution in [3.8, 4) is 23.1 Å². The first-order chi connectivity index (χ1) is 20.6. The molecule has 0 amide bonds. The molecule has 8 rings (SSSR count). The highest BCUT2D eigenvalue weighted by atomic mass is 19.1. The number of benzene rings is 2. The summed E-state index contributed by atoms with van der Waals surface area (Å²) in [6.45, 7) is 9.17. The molecule has 0 bridgehead atoms. The van der Waals surface area contributed by atoms with Gasteiger partial charge in [0.1, 0.15) is 41.4 Å². The first kappa shape index (κ1) is 27.2. The van der Waals surface area contributed by atoms with Crippen molar-refractivity contribution in [3.05, 3.63) is 48.0 Å². The Balaban J connectivity index is 0.00000141. The van der Waals surface area contributed by atoms with Crippen molar-refractivity contribution in [3.63, 3.8) is 0 Å². The summed E-state index contributed by atoms with van der Waals surface area (Å²) in [5, 5.41) is 5.20. The summed E-state index contributed by atoms with van der Waals surface area (Å²) in [5.74, 6) is -0.267. The van der Waals surface area contributed by atoms with Gasteiger partial charge in [0.15, 0.2) is 5.82 Å². The zero-order chi connectivity index (χ0) is 28.8. The van der Waals surface area contributed by atoms with Crippen LogP contribution in [-0.2, 0) is 0 Å². The molecule has 0 aliphatic carbocycles. The quantitative estimate of drug-likeness (QED) is 0.351. The van der Waals surface area contributed by atoms with Crippen LogP contribution < -0.4 is 19.7 Å². The number of fused-ring (bicyclic) bond motifs is 4. The van der Waals surface area contributed by atoms with Crippen LogP contribution in [0.5, 0.6) is 11.9 Å². The Hall–Kier alpha value is -3.63. The smallest absolute Gasteiger partial charge is 0.319 e. The van der Waals surface area contributed by atoms with Crippen LogP contribution in [0.25, 0.3) is 32.9 Å². The van der Waals surface area contributed by atoms with Crippen molar-refractivity contribution in [2.45, 2.75) is 51.1 Å². The molecule has 3 saturated heterocycles. The molecular formula is C32H36F2N6O2.